The number of aromatic nitrogens is 2. The highest BCUT2D eigenvalue weighted by atomic mass is 16.7. The molecule has 0 aliphatic carbocycles. The van der Waals surface area contributed by atoms with Gasteiger partial charge in [0.05, 0.1) is 23.6 Å². The maximum absolute atomic E-state index is 6.15. The van der Waals surface area contributed by atoms with E-state index in [1.165, 1.54) is 0 Å². The van der Waals surface area contributed by atoms with E-state index in [2.05, 4.69) is 9.97 Å². The Hall–Kier alpha value is -2.70. The summed E-state index contributed by atoms with van der Waals surface area (Å²) < 4.78 is 18.1. The van der Waals surface area contributed by atoms with E-state index in [4.69, 9.17) is 14.0 Å². The van der Waals surface area contributed by atoms with Crippen molar-refractivity contribution in [1.29, 1.82) is 0 Å². The largest absolute Gasteiger partial charge is 0.494 e. The highest BCUT2D eigenvalue weighted by Crippen LogP contribution is 2.36. The summed E-state index contributed by atoms with van der Waals surface area (Å²) in [5.41, 5.74) is 2.22. The molecule has 0 saturated carbocycles. The summed E-state index contributed by atoms with van der Waals surface area (Å²) in [7, 11) is -0.409. The van der Waals surface area contributed by atoms with Gasteiger partial charge in [-0.15, -0.1) is 0 Å². The van der Waals surface area contributed by atoms with Crippen molar-refractivity contribution < 1.29 is 14.0 Å². The molecule has 6 heteroatoms. The Labute approximate surface area is 172 Å². The summed E-state index contributed by atoms with van der Waals surface area (Å²) in [6.07, 6.45) is 3.40. The average Bonchev–Trinajstić information content (AvgIpc) is 2.95. The topological polar surface area (TPSA) is 53.5 Å². The van der Waals surface area contributed by atoms with Gasteiger partial charge >= 0.3 is 7.12 Å². The lowest BCUT2D eigenvalue weighted by atomic mass is 9.78. The minimum Gasteiger partial charge on any atom is -0.486 e. The SMILES string of the molecule is CC1(C)OB(c2cccc(-c3ncc(OCc4ccccc4)cn3)c2)OC1(C)C. The van der Waals surface area contributed by atoms with Crippen LogP contribution in [0, 0.1) is 0 Å². The standard InChI is InChI=1S/C23H25BN2O3/c1-22(2)23(3,4)29-24(28-22)19-12-8-11-18(13-19)21-25-14-20(15-26-21)27-16-17-9-6-5-7-10-17/h5-15H,16H2,1-4H3. The predicted octanol–water partition coefficient (Wildman–Crippen LogP) is 4.02. The summed E-state index contributed by atoms with van der Waals surface area (Å²) in [4.78, 5) is 8.94. The van der Waals surface area contributed by atoms with Gasteiger partial charge in [0.15, 0.2) is 11.6 Å². The summed E-state index contributed by atoms with van der Waals surface area (Å²) in [5, 5.41) is 0. The maximum Gasteiger partial charge on any atom is 0.494 e. The normalized spacial score (nSPS) is 17.3. The zero-order chi connectivity index (χ0) is 20.5. The molecular formula is C23H25BN2O3. The fraction of sp³-hybridized carbons (Fsp3) is 0.304. The van der Waals surface area contributed by atoms with Crippen molar-refractivity contribution in [2.75, 3.05) is 0 Å². The molecule has 1 aromatic heterocycles. The first-order chi connectivity index (χ1) is 13.8. The number of nitrogens with zero attached hydrogens (tertiary/aromatic N) is 2. The number of rotatable bonds is 5. The van der Waals surface area contributed by atoms with Crippen molar-refractivity contribution in [2.24, 2.45) is 0 Å². The molecule has 4 rings (SSSR count). The fourth-order valence-corrected chi connectivity index (χ4v) is 3.08. The first kappa shape index (κ1) is 19.6. The highest BCUT2D eigenvalue weighted by molar-refractivity contribution is 6.62. The number of hydrogen-bond donors (Lipinski definition) is 0. The van der Waals surface area contributed by atoms with Crippen LogP contribution < -0.4 is 10.2 Å². The van der Waals surface area contributed by atoms with Crippen molar-refractivity contribution in [2.45, 2.75) is 45.5 Å². The lowest BCUT2D eigenvalue weighted by molar-refractivity contribution is 0.00578. The zero-order valence-electron chi connectivity index (χ0n) is 17.3. The van der Waals surface area contributed by atoms with Crippen LogP contribution in [-0.2, 0) is 15.9 Å². The summed E-state index contributed by atoms with van der Waals surface area (Å²) in [6, 6.07) is 18.0. The van der Waals surface area contributed by atoms with Crippen LogP contribution in [-0.4, -0.2) is 28.3 Å². The Morgan fingerprint density at radius 2 is 1.52 bits per heavy atom. The monoisotopic (exact) mass is 388 g/mol. The third-order valence-corrected chi connectivity index (χ3v) is 5.55. The molecule has 29 heavy (non-hydrogen) atoms. The second kappa shape index (κ2) is 7.62. The molecule has 1 aliphatic heterocycles. The molecule has 0 amide bonds. The van der Waals surface area contributed by atoms with Crippen molar-refractivity contribution in [3.8, 4) is 17.1 Å². The quantitative estimate of drug-likeness (QED) is 0.618. The van der Waals surface area contributed by atoms with Crippen molar-refractivity contribution in [3.05, 3.63) is 72.6 Å². The van der Waals surface area contributed by atoms with Crippen molar-refractivity contribution in [3.63, 3.8) is 0 Å². The molecule has 2 heterocycles. The molecule has 0 bridgehead atoms. The molecule has 0 radical (unpaired) electrons. The molecule has 0 unspecified atom stereocenters. The average molecular weight is 388 g/mol. The van der Waals surface area contributed by atoms with E-state index in [9.17, 15) is 0 Å². The number of benzene rings is 2. The lowest BCUT2D eigenvalue weighted by Crippen LogP contribution is -2.41. The second-order valence-electron chi connectivity index (χ2n) is 8.23. The molecular weight excluding hydrogens is 363 g/mol. The van der Waals surface area contributed by atoms with E-state index in [1.54, 1.807) is 12.4 Å². The molecule has 148 valence electrons. The van der Waals surface area contributed by atoms with Gasteiger partial charge in [-0.2, -0.15) is 0 Å². The Bertz CT molecular complexity index is 959. The van der Waals surface area contributed by atoms with Crippen LogP contribution in [0.3, 0.4) is 0 Å². The summed E-state index contributed by atoms with van der Waals surface area (Å²) in [5.74, 6) is 1.27. The predicted molar refractivity (Wildman–Crippen MR) is 114 cm³/mol. The highest BCUT2D eigenvalue weighted by Gasteiger charge is 2.51. The van der Waals surface area contributed by atoms with Gasteiger partial charge in [0.2, 0.25) is 0 Å². The molecule has 5 nitrogen and oxygen atoms in total. The molecule has 2 aromatic carbocycles. The fourth-order valence-electron chi connectivity index (χ4n) is 3.08. The van der Waals surface area contributed by atoms with E-state index in [-0.39, 0.29) is 11.2 Å². The van der Waals surface area contributed by atoms with Gasteiger partial charge in [0.1, 0.15) is 6.61 Å². The molecule has 0 atom stereocenters. The first-order valence-corrected chi connectivity index (χ1v) is 9.79. The molecule has 1 saturated heterocycles. The molecule has 1 fully saturated rings. The van der Waals surface area contributed by atoms with E-state index in [1.807, 2.05) is 82.3 Å². The maximum atomic E-state index is 6.15. The Morgan fingerprint density at radius 3 is 2.17 bits per heavy atom. The molecule has 0 spiro atoms. The van der Waals surface area contributed by atoms with Gasteiger partial charge in [-0.25, -0.2) is 9.97 Å². The smallest absolute Gasteiger partial charge is 0.486 e. The van der Waals surface area contributed by atoms with Gasteiger partial charge in [0.25, 0.3) is 0 Å². The van der Waals surface area contributed by atoms with Gasteiger partial charge < -0.3 is 14.0 Å². The molecule has 3 aromatic rings. The van der Waals surface area contributed by atoms with E-state index >= 15 is 0 Å². The number of ether oxygens (including phenoxy) is 1. The third kappa shape index (κ3) is 4.19. The minimum absolute atomic E-state index is 0.373. The van der Waals surface area contributed by atoms with Crippen LogP contribution in [0.4, 0.5) is 0 Å². The lowest BCUT2D eigenvalue weighted by Gasteiger charge is -2.32. The Kier molecular flexibility index (Phi) is 5.15. The van der Waals surface area contributed by atoms with Gasteiger partial charge in [-0.05, 0) is 38.7 Å². The van der Waals surface area contributed by atoms with E-state index in [0.29, 0.717) is 18.2 Å². The van der Waals surface area contributed by atoms with Crippen molar-refractivity contribution in [1.82, 2.24) is 9.97 Å². The molecule has 1 aliphatic rings. The van der Waals surface area contributed by atoms with Gasteiger partial charge in [-0.1, -0.05) is 54.6 Å². The van der Waals surface area contributed by atoms with Crippen LogP contribution in [0.2, 0.25) is 0 Å². The Balaban J connectivity index is 1.47. The summed E-state index contributed by atoms with van der Waals surface area (Å²) in [6.45, 7) is 8.69. The second-order valence-corrected chi connectivity index (χ2v) is 8.23. The Morgan fingerprint density at radius 1 is 0.862 bits per heavy atom. The van der Waals surface area contributed by atoms with Crippen LogP contribution >= 0.6 is 0 Å². The zero-order valence-corrected chi connectivity index (χ0v) is 17.3. The van der Waals surface area contributed by atoms with Crippen LogP contribution in [0.15, 0.2) is 67.0 Å². The van der Waals surface area contributed by atoms with Gasteiger partial charge in [-0.3, -0.25) is 0 Å². The van der Waals surface area contributed by atoms with Crippen molar-refractivity contribution >= 4 is 12.6 Å². The summed E-state index contributed by atoms with van der Waals surface area (Å²) >= 11 is 0. The number of hydrogen-bond acceptors (Lipinski definition) is 5. The minimum atomic E-state index is -0.409. The van der Waals surface area contributed by atoms with Crippen LogP contribution in [0.1, 0.15) is 33.3 Å². The van der Waals surface area contributed by atoms with Crippen LogP contribution in [0.25, 0.3) is 11.4 Å². The van der Waals surface area contributed by atoms with Gasteiger partial charge in [0, 0.05) is 5.56 Å². The van der Waals surface area contributed by atoms with E-state index in [0.717, 1.165) is 16.6 Å². The molecule has 0 N–H and O–H groups in total. The van der Waals surface area contributed by atoms with E-state index < -0.39 is 7.12 Å². The first-order valence-electron chi connectivity index (χ1n) is 9.79. The third-order valence-electron chi connectivity index (χ3n) is 5.55. The van der Waals surface area contributed by atoms with Crippen LogP contribution in [0.5, 0.6) is 5.75 Å².